The Kier molecular flexibility index (Phi) is 55.5. The normalized spacial score (nSPS) is 13.3. The zero-order chi connectivity index (χ0) is 72.4. The Labute approximate surface area is 575 Å². The van der Waals surface area contributed by atoms with E-state index in [-0.39, 0.29) is 157 Å². The van der Waals surface area contributed by atoms with E-state index in [9.17, 15) is 53.6 Å². The fraction of sp³-hybridized carbons (Fsp3) is 0.833. The lowest BCUT2D eigenvalue weighted by Crippen LogP contribution is -2.57. The van der Waals surface area contributed by atoms with Crippen LogP contribution >= 0.6 is 0 Å². The van der Waals surface area contributed by atoms with Gasteiger partial charge in [0.2, 0.25) is 41.4 Å². The molecule has 0 saturated carbocycles. The molecular weight excluding hydrogens is 1270 g/mol. The molecule has 0 aromatic rings. The number of nitrogens with two attached hydrogens (primary N) is 2. The summed E-state index contributed by atoms with van der Waals surface area (Å²) in [5, 5.41) is 46.2. The van der Waals surface area contributed by atoms with E-state index in [1.54, 1.807) is 27.7 Å². The number of carbonyl (C=O) groups is 9. The van der Waals surface area contributed by atoms with Crippen molar-refractivity contribution in [2.45, 2.75) is 182 Å². The molecule has 0 aliphatic carbocycles. The van der Waals surface area contributed by atoms with Crippen LogP contribution in [0.4, 0.5) is 0 Å². The SMILES string of the molecule is C/C(=N/O)C(C)(C)NCC(CNC(C)(C)/C(C)=N\O)NC(=O)CCCC(=O)C[C@@H](CCCCNC(=O)COCCOCCOCC(=O)NCCCOCCOCCOCCCCC(=O)COCCOCCOCC(=O)NCCCC[C@H](C)C(N)=O)C(=O)NCCCC[C@H](C)C(N)=O. The molecule has 7 amide bonds. The van der Waals surface area contributed by atoms with Crippen LogP contribution in [0.15, 0.2) is 10.3 Å². The Morgan fingerprint density at radius 2 is 0.763 bits per heavy atom. The van der Waals surface area contributed by atoms with Crippen molar-refractivity contribution in [1.29, 1.82) is 0 Å². The number of rotatable bonds is 68. The van der Waals surface area contributed by atoms with Crippen molar-refractivity contribution in [3.8, 4) is 0 Å². The second kappa shape index (κ2) is 59.0. The topological polar surface area (TPSA) is 438 Å². The summed E-state index contributed by atoms with van der Waals surface area (Å²) < 4.78 is 49.0. The molecule has 0 aliphatic rings. The number of ether oxygens (including phenoxy) is 9. The van der Waals surface area contributed by atoms with Gasteiger partial charge >= 0.3 is 0 Å². The molecule has 31 heteroatoms. The monoisotopic (exact) mass is 1390 g/mol. The zero-order valence-corrected chi connectivity index (χ0v) is 59.6. The lowest BCUT2D eigenvalue weighted by atomic mass is 9.93. The number of carbonyl (C=O) groups excluding carboxylic acids is 9. The van der Waals surface area contributed by atoms with Gasteiger partial charge in [-0.3, -0.25) is 43.2 Å². The fourth-order valence-corrected chi connectivity index (χ4v) is 8.70. The highest BCUT2D eigenvalue weighted by Crippen LogP contribution is 2.17. The van der Waals surface area contributed by atoms with Crippen molar-refractivity contribution in [1.82, 2.24) is 37.2 Å². The standard InChI is InChI=1S/C66H123N11O20/c1-50(62(67)84)19-9-13-25-69-59(81)47-95-40-36-92-35-39-94-46-57(79)22-12-16-29-89-31-33-91-34-32-90-30-18-28-71-61(83)49-97-42-38-93-37-41-96-48-60(82)70-26-15-11-21-54(64(86)72-27-14-10-20-51(2)63(68)85)43-56(78)23-17-24-58(80)75-55(44-73-65(5,6)52(3)76-87)45-74-66(7,8)53(4)77-88/h50-51,54-55,73-74,87-88H,9-49H2,1-8H3,(H2,67,84)(H2,68,85)(H,69,81)(H,70,82)(H,71,83)(H,72,86)(H,75,80)/b76-52-,77-53-/t50-,51-,54+/m0/s1. The highest BCUT2D eigenvalue weighted by Gasteiger charge is 2.28. The molecular formula is C66H123N11O20. The number of amides is 7. The maximum atomic E-state index is 13.4. The average Bonchev–Trinajstić information content (AvgIpc) is 3.18. The first-order valence-electron chi connectivity index (χ1n) is 34.4. The smallest absolute Gasteiger partial charge is 0.246 e. The van der Waals surface area contributed by atoms with Crippen LogP contribution in [-0.2, 0) is 85.8 Å². The summed E-state index contributed by atoms with van der Waals surface area (Å²) in [6.45, 7) is 20.7. The Morgan fingerprint density at radius 1 is 0.402 bits per heavy atom. The number of oxime groups is 2. The molecule has 0 radical (unpaired) electrons. The Morgan fingerprint density at radius 3 is 1.19 bits per heavy atom. The van der Waals surface area contributed by atoms with Crippen LogP contribution < -0.4 is 48.7 Å². The molecule has 13 N–H and O–H groups in total. The third kappa shape index (κ3) is 53.7. The summed E-state index contributed by atoms with van der Waals surface area (Å²) in [6, 6.07) is -0.433. The van der Waals surface area contributed by atoms with Crippen LogP contribution in [-0.4, -0.2) is 250 Å². The molecule has 562 valence electrons. The molecule has 0 rings (SSSR count). The van der Waals surface area contributed by atoms with Gasteiger partial charge in [-0.2, -0.15) is 0 Å². The van der Waals surface area contributed by atoms with Crippen molar-refractivity contribution in [3.05, 3.63) is 0 Å². The summed E-state index contributed by atoms with van der Waals surface area (Å²) in [5.74, 6) is -3.27. The van der Waals surface area contributed by atoms with Gasteiger partial charge in [0.1, 0.15) is 32.2 Å². The second-order valence-electron chi connectivity index (χ2n) is 25.0. The molecule has 31 nitrogen and oxygen atoms in total. The molecule has 0 aromatic carbocycles. The van der Waals surface area contributed by atoms with Crippen molar-refractivity contribution >= 4 is 64.3 Å². The third-order valence-corrected chi connectivity index (χ3v) is 15.8. The Hall–Kier alpha value is -5.87. The van der Waals surface area contributed by atoms with Crippen molar-refractivity contribution in [2.24, 2.45) is 39.5 Å². The number of nitrogens with one attached hydrogen (secondary N) is 7. The van der Waals surface area contributed by atoms with Crippen LogP contribution in [0.2, 0.25) is 0 Å². The van der Waals surface area contributed by atoms with Crippen LogP contribution in [0.1, 0.15) is 165 Å². The van der Waals surface area contributed by atoms with Crippen LogP contribution in [0.3, 0.4) is 0 Å². The van der Waals surface area contributed by atoms with Crippen LogP contribution in [0.5, 0.6) is 0 Å². The molecule has 0 saturated heterocycles. The number of primary amides is 2. The maximum absolute atomic E-state index is 13.4. The third-order valence-electron chi connectivity index (χ3n) is 15.8. The number of Topliss-reactive ketones (excluding diaryl/α,β-unsaturated/α-hetero) is 2. The molecule has 0 aliphatic heterocycles. The van der Waals surface area contributed by atoms with E-state index in [4.69, 9.17) is 54.1 Å². The van der Waals surface area contributed by atoms with Gasteiger partial charge in [-0.05, 0) is 106 Å². The Bertz CT molecular complexity index is 2210. The number of unbranched alkanes of at least 4 members (excludes halogenated alkanes) is 4. The van der Waals surface area contributed by atoms with E-state index in [1.165, 1.54) is 0 Å². The first-order valence-corrected chi connectivity index (χ1v) is 34.4. The largest absolute Gasteiger partial charge is 0.411 e. The van der Waals surface area contributed by atoms with Gasteiger partial charge in [-0.15, -0.1) is 0 Å². The number of nitrogens with zero attached hydrogens (tertiary/aromatic N) is 2. The summed E-state index contributed by atoms with van der Waals surface area (Å²) in [7, 11) is 0. The molecule has 0 aromatic heterocycles. The maximum Gasteiger partial charge on any atom is 0.246 e. The minimum atomic E-state index is -0.683. The first-order chi connectivity index (χ1) is 46.3. The van der Waals surface area contributed by atoms with Gasteiger partial charge in [0.25, 0.3) is 0 Å². The minimum absolute atomic E-state index is 0.00560. The van der Waals surface area contributed by atoms with E-state index >= 15 is 0 Å². The summed E-state index contributed by atoms with van der Waals surface area (Å²) >= 11 is 0. The minimum Gasteiger partial charge on any atom is -0.411 e. The number of ketones is 2. The molecule has 0 unspecified atom stereocenters. The van der Waals surface area contributed by atoms with Gasteiger partial charge in [-0.1, -0.05) is 43.4 Å². The molecule has 0 heterocycles. The van der Waals surface area contributed by atoms with Crippen molar-refractivity contribution in [3.63, 3.8) is 0 Å². The molecule has 3 atom stereocenters. The lowest BCUT2D eigenvalue weighted by Gasteiger charge is -2.32. The predicted molar refractivity (Wildman–Crippen MR) is 364 cm³/mol. The van der Waals surface area contributed by atoms with E-state index in [2.05, 4.69) is 47.5 Å². The lowest BCUT2D eigenvalue weighted by molar-refractivity contribution is -0.130. The molecule has 97 heavy (non-hydrogen) atoms. The number of hydrogen-bond acceptors (Lipinski definition) is 24. The molecule has 0 fully saturated rings. The molecule has 0 bridgehead atoms. The molecule has 0 spiro atoms. The second-order valence-corrected chi connectivity index (χ2v) is 25.0. The Balaban J connectivity index is 4.18. The summed E-state index contributed by atoms with van der Waals surface area (Å²) in [5.41, 5.74) is 10.2. The van der Waals surface area contributed by atoms with Crippen molar-refractivity contribution in [2.75, 3.05) is 158 Å². The summed E-state index contributed by atoms with van der Waals surface area (Å²) in [6.07, 6.45) is 8.47. The van der Waals surface area contributed by atoms with E-state index in [0.717, 1.165) is 19.3 Å². The first kappa shape index (κ1) is 91.1. The quantitative estimate of drug-likeness (QED) is 0.0180. The van der Waals surface area contributed by atoms with Crippen molar-refractivity contribution < 1.29 is 96.2 Å². The predicted octanol–water partition coefficient (Wildman–Crippen LogP) is 2.15. The van der Waals surface area contributed by atoms with Gasteiger partial charge in [0.15, 0.2) is 5.78 Å². The highest BCUT2D eigenvalue weighted by molar-refractivity contribution is 5.91. The van der Waals surface area contributed by atoms with Gasteiger partial charge in [0, 0.05) is 95.9 Å². The zero-order valence-electron chi connectivity index (χ0n) is 59.6. The van der Waals surface area contributed by atoms with Gasteiger partial charge in [-0.25, -0.2) is 0 Å². The summed E-state index contributed by atoms with van der Waals surface area (Å²) in [4.78, 5) is 111. The number of hydrogen-bond donors (Lipinski definition) is 11. The fourth-order valence-electron chi connectivity index (χ4n) is 8.70. The van der Waals surface area contributed by atoms with E-state index < -0.39 is 23.0 Å². The van der Waals surface area contributed by atoms with Gasteiger partial charge in [0.05, 0.1) is 108 Å². The van der Waals surface area contributed by atoms with E-state index in [0.29, 0.717) is 168 Å². The van der Waals surface area contributed by atoms with Gasteiger partial charge < -0.3 is 102 Å². The highest BCUT2D eigenvalue weighted by atomic mass is 16.6. The average molecular weight is 1390 g/mol. The van der Waals surface area contributed by atoms with Crippen LogP contribution in [0.25, 0.3) is 0 Å². The van der Waals surface area contributed by atoms with E-state index in [1.807, 2.05) is 27.7 Å². The van der Waals surface area contributed by atoms with Crippen LogP contribution in [0, 0.1) is 17.8 Å².